The summed E-state index contributed by atoms with van der Waals surface area (Å²) in [5, 5.41) is 11.4. The topological polar surface area (TPSA) is 49.8 Å². The third-order valence-electron chi connectivity index (χ3n) is 5.81. The maximum atomic E-state index is 12.9. The zero-order chi connectivity index (χ0) is 17.5. The van der Waals surface area contributed by atoms with Crippen molar-refractivity contribution in [2.75, 3.05) is 26.2 Å². The molecule has 25 heavy (non-hydrogen) atoms. The quantitative estimate of drug-likeness (QED) is 0.802. The lowest BCUT2D eigenvalue weighted by molar-refractivity contribution is -0.176. The molecule has 1 heterocycles. The van der Waals surface area contributed by atoms with Crippen LogP contribution in [0.2, 0.25) is 0 Å². The van der Waals surface area contributed by atoms with E-state index in [2.05, 4.69) is 4.90 Å². The van der Waals surface area contributed by atoms with Gasteiger partial charge in [0, 0.05) is 12.5 Å². The highest BCUT2D eigenvalue weighted by Crippen LogP contribution is 2.40. The molecule has 0 bridgehead atoms. The van der Waals surface area contributed by atoms with Crippen molar-refractivity contribution in [3.05, 3.63) is 35.9 Å². The summed E-state index contributed by atoms with van der Waals surface area (Å²) in [6.07, 6.45) is 8.84. The summed E-state index contributed by atoms with van der Waals surface area (Å²) < 4.78 is 5.59. The molecule has 1 N–H and O–H groups in total. The molecule has 1 aliphatic carbocycles. The maximum absolute atomic E-state index is 12.9. The van der Waals surface area contributed by atoms with Crippen molar-refractivity contribution >= 4 is 5.97 Å². The Balaban J connectivity index is 1.66. The van der Waals surface area contributed by atoms with Crippen molar-refractivity contribution in [3.63, 3.8) is 0 Å². The van der Waals surface area contributed by atoms with Gasteiger partial charge in [0.2, 0.25) is 0 Å². The van der Waals surface area contributed by atoms with Crippen LogP contribution in [-0.2, 0) is 15.1 Å². The summed E-state index contributed by atoms with van der Waals surface area (Å²) in [6.45, 7) is 3.30. The molecule has 1 unspecified atom stereocenters. The van der Waals surface area contributed by atoms with Crippen LogP contribution in [0.1, 0.15) is 56.9 Å². The largest absolute Gasteiger partial charge is 0.462 e. The van der Waals surface area contributed by atoms with Gasteiger partial charge >= 0.3 is 5.97 Å². The number of hydrogen-bond donors (Lipinski definition) is 1. The van der Waals surface area contributed by atoms with E-state index in [-0.39, 0.29) is 5.92 Å². The summed E-state index contributed by atoms with van der Waals surface area (Å²) >= 11 is 0. The number of hydrogen-bond acceptors (Lipinski definition) is 4. The van der Waals surface area contributed by atoms with Crippen LogP contribution >= 0.6 is 0 Å². The number of piperidine rings is 1. The number of rotatable bonds is 6. The van der Waals surface area contributed by atoms with Crippen LogP contribution in [0.15, 0.2) is 30.3 Å². The highest BCUT2D eigenvalue weighted by Gasteiger charge is 2.47. The molecule has 2 fully saturated rings. The third kappa shape index (κ3) is 4.42. The molecule has 1 saturated carbocycles. The lowest BCUT2D eigenvalue weighted by Gasteiger charge is -2.37. The second-order valence-corrected chi connectivity index (χ2v) is 7.51. The number of carbonyl (C=O) groups excluding carboxylic acids is 1. The molecule has 0 spiro atoms. The molecular formula is C21H31NO3. The van der Waals surface area contributed by atoms with Crippen molar-refractivity contribution in [1.29, 1.82) is 0 Å². The Kier molecular flexibility index (Phi) is 6.49. The van der Waals surface area contributed by atoms with Gasteiger partial charge in [-0.3, -0.25) is 4.90 Å². The molecule has 0 radical (unpaired) electrons. The molecule has 1 aromatic carbocycles. The Morgan fingerprint density at radius 1 is 1.04 bits per heavy atom. The van der Waals surface area contributed by atoms with Gasteiger partial charge in [-0.2, -0.15) is 0 Å². The van der Waals surface area contributed by atoms with Crippen molar-refractivity contribution < 1.29 is 14.6 Å². The summed E-state index contributed by atoms with van der Waals surface area (Å²) in [7, 11) is 0. The van der Waals surface area contributed by atoms with Gasteiger partial charge in [0.05, 0.1) is 0 Å². The monoisotopic (exact) mass is 345 g/mol. The first-order chi connectivity index (χ1) is 12.2. The van der Waals surface area contributed by atoms with Gasteiger partial charge in [-0.05, 0) is 44.3 Å². The van der Waals surface area contributed by atoms with Crippen LogP contribution in [0.5, 0.6) is 0 Å². The lowest BCUT2D eigenvalue weighted by atomic mass is 9.73. The molecule has 2 aliphatic rings. The Morgan fingerprint density at radius 3 is 2.36 bits per heavy atom. The molecule has 1 atom stereocenters. The van der Waals surface area contributed by atoms with E-state index in [0.29, 0.717) is 12.2 Å². The molecule has 1 saturated heterocycles. The first kappa shape index (κ1) is 18.4. The molecule has 4 nitrogen and oxygen atoms in total. The number of esters is 1. The van der Waals surface area contributed by atoms with Crippen LogP contribution in [0.4, 0.5) is 0 Å². The molecule has 1 aromatic rings. The van der Waals surface area contributed by atoms with Crippen LogP contribution < -0.4 is 0 Å². The second-order valence-electron chi connectivity index (χ2n) is 7.51. The molecule has 138 valence electrons. The van der Waals surface area contributed by atoms with E-state index in [9.17, 15) is 9.90 Å². The fourth-order valence-electron chi connectivity index (χ4n) is 4.29. The van der Waals surface area contributed by atoms with E-state index in [1.807, 2.05) is 30.3 Å². The summed E-state index contributed by atoms with van der Waals surface area (Å²) in [4.78, 5) is 15.3. The van der Waals surface area contributed by atoms with Gasteiger partial charge in [0.15, 0.2) is 5.60 Å². The van der Waals surface area contributed by atoms with Crippen molar-refractivity contribution in [2.45, 2.75) is 57.0 Å². The van der Waals surface area contributed by atoms with Gasteiger partial charge in [0.25, 0.3) is 0 Å². The fourth-order valence-corrected chi connectivity index (χ4v) is 4.29. The fraction of sp³-hybridized carbons (Fsp3) is 0.667. The van der Waals surface area contributed by atoms with Crippen molar-refractivity contribution in [2.24, 2.45) is 5.92 Å². The molecular weight excluding hydrogens is 314 g/mol. The number of ether oxygens (including phenoxy) is 1. The number of likely N-dealkylation sites (tertiary alicyclic amines) is 1. The predicted octanol–water partition coefficient (Wildman–Crippen LogP) is 3.48. The second kappa shape index (κ2) is 8.81. The van der Waals surface area contributed by atoms with Gasteiger partial charge < -0.3 is 9.84 Å². The normalized spacial score (nSPS) is 22.3. The zero-order valence-corrected chi connectivity index (χ0v) is 15.2. The smallest absolute Gasteiger partial charge is 0.343 e. The van der Waals surface area contributed by atoms with E-state index in [0.717, 1.165) is 45.3 Å². The number of benzene rings is 1. The van der Waals surface area contributed by atoms with E-state index in [4.69, 9.17) is 4.74 Å². The number of carbonyl (C=O) groups is 1. The van der Waals surface area contributed by atoms with Gasteiger partial charge in [-0.25, -0.2) is 4.79 Å². The predicted molar refractivity (Wildman–Crippen MR) is 98.2 cm³/mol. The van der Waals surface area contributed by atoms with Crippen molar-refractivity contribution in [1.82, 2.24) is 4.90 Å². The molecule has 4 heteroatoms. The van der Waals surface area contributed by atoms with Crippen LogP contribution in [-0.4, -0.2) is 42.2 Å². The Hall–Kier alpha value is -1.39. The molecule has 0 aromatic heterocycles. The number of aliphatic hydroxyl groups is 1. The van der Waals surface area contributed by atoms with Crippen molar-refractivity contribution in [3.8, 4) is 0 Å². The molecule has 3 rings (SSSR count). The molecule has 0 amide bonds. The van der Waals surface area contributed by atoms with Crippen LogP contribution in [0.25, 0.3) is 0 Å². The minimum absolute atomic E-state index is 0.0499. The van der Waals surface area contributed by atoms with Gasteiger partial charge in [0.1, 0.15) is 6.61 Å². The van der Waals surface area contributed by atoms with Gasteiger partial charge in [-0.15, -0.1) is 0 Å². The highest BCUT2D eigenvalue weighted by atomic mass is 16.5. The van der Waals surface area contributed by atoms with Gasteiger partial charge in [-0.1, -0.05) is 56.0 Å². The van der Waals surface area contributed by atoms with Crippen LogP contribution in [0, 0.1) is 5.92 Å². The van der Waals surface area contributed by atoms with E-state index in [1.165, 1.54) is 25.7 Å². The minimum Gasteiger partial charge on any atom is -0.462 e. The standard InChI is InChI=1S/C21H31NO3/c23-20(25-17-16-22-14-8-3-9-15-22)21(24,18-10-4-1-5-11-18)19-12-6-2-7-13-19/h1,4-5,10-11,19,24H,2-3,6-9,12-17H2. The Bertz CT molecular complexity index is 535. The summed E-state index contributed by atoms with van der Waals surface area (Å²) in [5.41, 5.74) is -0.839. The first-order valence-corrected chi connectivity index (χ1v) is 9.89. The van der Waals surface area contributed by atoms with E-state index >= 15 is 0 Å². The average molecular weight is 345 g/mol. The van der Waals surface area contributed by atoms with E-state index in [1.54, 1.807) is 0 Å². The SMILES string of the molecule is O=C(OCCN1CCCCC1)C(O)(c1ccccc1)C1CCCCC1. The summed E-state index contributed by atoms with van der Waals surface area (Å²) in [5.74, 6) is -0.520. The maximum Gasteiger partial charge on any atom is 0.343 e. The third-order valence-corrected chi connectivity index (χ3v) is 5.81. The number of nitrogens with zero attached hydrogens (tertiary/aromatic N) is 1. The van der Waals surface area contributed by atoms with Crippen LogP contribution in [0.3, 0.4) is 0 Å². The minimum atomic E-state index is -1.51. The van der Waals surface area contributed by atoms with E-state index < -0.39 is 11.6 Å². The highest BCUT2D eigenvalue weighted by molar-refractivity contribution is 5.81. The Morgan fingerprint density at radius 2 is 1.68 bits per heavy atom. The summed E-state index contributed by atoms with van der Waals surface area (Å²) in [6, 6.07) is 9.36. The first-order valence-electron chi connectivity index (χ1n) is 9.89. The Labute approximate surface area is 151 Å². The zero-order valence-electron chi connectivity index (χ0n) is 15.2. The lowest BCUT2D eigenvalue weighted by Crippen LogP contribution is -2.46. The molecule has 1 aliphatic heterocycles. The average Bonchev–Trinajstić information content (AvgIpc) is 2.69.